The van der Waals surface area contributed by atoms with Gasteiger partial charge in [0, 0.05) is 0 Å². The van der Waals surface area contributed by atoms with E-state index in [9.17, 15) is 14.4 Å². The molecule has 0 saturated carbocycles. The highest BCUT2D eigenvalue weighted by Gasteiger charge is 2.44. The van der Waals surface area contributed by atoms with Gasteiger partial charge in [0.25, 0.3) is 11.8 Å². The number of hydroxylamine groups is 2. The number of carbonyl (C=O) groups is 3. The van der Waals surface area contributed by atoms with Crippen LogP contribution in [0.1, 0.15) is 26.3 Å². The first-order valence-electron chi connectivity index (χ1n) is 6.96. The number of benzene rings is 2. The van der Waals surface area contributed by atoms with Gasteiger partial charge in [0.05, 0.1) is 31.2 Å². The van der Waals surface area contributed by atoms with Crippen molar-refractivity contribution in [3.05, 3.63) is 67.1 Å². The second-order valence-corrected chi connectivity index (χ2v) is 6.54. The van der Waals surface area contributed by atoms with Crippen molar-refractivity contribution in [2.45, 2.75) is 6.61 Å². The van der Waals surface area contributed by atoms with Crippen LogP contribution in [0.25, 0.3) is 0 Å². The van der Waals surface area contributed by atoms with E-state index in [4.69, 9.17) is 56.0 Å². The minimum atomic E-state index is -1.26. The second kappa shape index (κ2) is 7.32. The molecule has 2 amide bonds. The van der Waals surface area contributed by atoms with Crippen LogP contribution in [-0.2, 0) is 16.2 Å². The van der Waals surface area contributed by atoms with Crippen LogP contribution >= 0.6 is 46.4 Å². The van der Waals surface area contributed by atoms with Crippen molar-refractivity contribution in [3.8, 4) is 0 Å². The largest absolute Gasteiger partial charge is 0.534 e. The predicted octanol–water partition coefficient (Wildman–Crippen LogP) is 5.16. The number of imide groups is 1. The van der Waals surface area contributed by atoms with Crippen LogP contribution < -0.4 is 0 Å². The fourth-order valence-electron chi connectivity index (χ4n) is 2.23. The zero-order chi connectivity index (χ0) is 19.0. The Morgan fingerprint density at radius 2 is 1.35 bits per heavy atom. The Bertz CT molecular complexity index is 885. The molecule has 0 spiro atoms. The summed E-state index contributed by atoms with van der Waals surface area (Å²) in [4.78, 5) is 41.3. The van der Waals surface area contributed by atoms with Crippen LogP contribution in [0.3, 0.4) is 0 Å². The summed E-state index contributed by atoms with van der Waals surface area (Å²) in [5, 5.41) is -0.711. The minimum Gasteiger partial charge on any atom is -0.428 e. The van der Waals surface area contributed by atoms with E-state index in [1.165, 1.54) is 0 Å². The average Bonchev–Trinajstić information content (AvgIpc) is 2.88. The quantitative estimate of drug-likeness (QED) is 0.288. The van der Waals surface area contributed by atoms with E-state index >= 15 is 0 Å². The topological polar surface area (TPSA) is 72.9 Å². The van der Waals surface area contributed by atoms with E-state index in [0.29, 0.717) is 5.56 Å². The number of carbonyl (C=O) groups excluding carboxylic acids is 3. The highest BCUT2D eigenvalue weighted by molar-refractivity contribution is 6.55. The Morgan fingerprint density at radius 1 is 0.846 bits per heavy atom. The molecule has 0 N–H and O–H groups in total. The molecule has 0 saturated heterocycles. The van der Waals surface area contributed by atoms with Crippen molar-refractivity contribution in [2.75, 3.05) is 0 Å². The molecule has 0 aromatic heterocycles. The van der Waals surface area contributed by atoms with Gasteiger partial charge in [-0.3, -0.25) is 14.4 Å². The van der Waals surface area contributed by atoms with Crippen LogP contribution in [0.5, 0.6) is 0 Å². The average molecular weight is 435 g/mol. The van der Waals surface area contributed by atoms with E-state index in [1.54, 1.807) is 30.3 Å². The number of amides is 2. The fourth-order valence-corrected chi connectivity index (χ4v) is 3.24. The third-order valence-electron chi connectivity index (χ3n) is 3.43. The Morgan fingerprint density at radius 3 is 1.85 bits per heavy atom. The molecule has 10 heteroatoms. The molecule has 0 aliphatic carbocycles. The second-order valence-electron chi connectivity index (χ2n) is 5.03. The SMILES string of the molecule is O=C(OCc1ccccc1)ON1C(=O)c2c(Cl)c(Cl)c(Cl)c(Cl)c2C1=O. The van der Waals surface area contributed by atoms with Gasteiger partial charge in [-0.1, -0.05) is 81.8 Å². The number of hydrogen-bond donors (Lipinski definition) is 0. The molecule has 1 aliphatic rings. The molecule has 0 radical (unpaired) electrons. The first-order chi connectivity index (χ1) is 12.3. The summed E-state index contributed by atoms with van der Waals surface area (Å²) in [6.07, 6.45) is -1.26. The van der Waals surface area contributed by atoms with Crippen LogP contribution in [-0.4, -0.2) is 23.0 Å². The van der Waals surface area contributed by atoms with Gasteiger partial charge in [-0.15, -0.1) is 0 Å². The number of nitrogens with zero attached hydrogens (tertiary/aromatic N) is 1. The van der Waals surface area contributed by atoms with Gasteiger partial charge in [0.15, 0.2) is 0 Å². The molecule has 2 aromatic carbocycles. The standard InChI is InChI=1S/C16H7Cl4NO5/c17-10-8-9(11(18)13(20)12(10)19)15(23)21(14(8)22)26-16(24)25-6-7-4-2-1-3-5-7/h1-5H,6H2. The van der Waals surface area contributed by atoms with Gasteiger partial charge in [-0.2, -0.15) is 0 Å². The summed E-state index contributed by atoms with van der Waals surface area (Å²) < 4.78 is 4.87. The molecule has 2 aromatic rings. The summed E-state index contributed by atoms with van der Waals surface area (Å²) in [5.41, 5.74) is 0.0929. The number of rotatable bonds is 3. The monoisotopic (exact) mass is 433 g/mol. The van der Waals surface area contributed by atoms with Gasteiger partial charge in [-0.05, 0) is 5.56 Å². The summed E-state index contributed by atoms with van der Waals surface area (Å²) in [5.74, 6) is -2.01. The molecule has 0 fully saturated rings. The highest BCUT2D eigenvalue weighted by Crippen LogP contribution is 2.44. The van der Waals surface area contributed by atoms with Crippen LogP contribution in [0.15, 0.2) is 30.3 Å². The number of hydrogen-bond acceptors (Lipinski definition) is 5. The van der Waals surface area contributed by atoms with E-state index in [0.717, 1.165) is 0 Å². The molecule has 0 atom stereocenters. The van der Waals surface area contributed by atoms with Gasteiger partial charge in [-0.25, -0.2) is 4.79 Å². The molecule has 0 bridgehead atoms. The zero-order valence-electron chi connectivity index (χ0n) is 12.6. The lowest BCUT2D eigenvalue weighted by Crippen LogP contribution is -2.33. The van der Waals surface area contributed by atoms with Crippen molar-refractivity contribution in [3.63, 3.8) is 0 Å². The Labute approximate surface area is 167 Å². The van der Waals surface area contributed by atoms with Crippen molar-refractivity contribution in [1.82, 2.24) is 5.06 Å². The fraction of sp³-hybridized carbons (Fsp3) is 0.0625. The van der Waals surface area contributed by atoms with Gasteiger partial charge in [0.1, 0.15) is 6.61 Å². The van der Waals surface area contributed by atoms with Crippen molar-refractivity contribution in [2.24, 2.45) is 0 Å². The van der Waals surface area contributed by atoms with Crippen LogP contribution in [0.2, 0.25) is 20.1 Å². The summed E-state index contributed by atoms with van der Waals surface area (Å²) in [7, 11) is 0. The first-order valence-corrected chi connectivity index (χ1v) is 8.47. The maximum absolute atomic E-state index is 12.4. The van der Waals surface area contributed by atoms with E-state index < -0.39 is 18.0 Å². The predicted molar refractivity (Wildman–Crippen MR) is 94.7 cm³/mol. The number of fused-ring (bicyclic) bond motifs is 1. The maximum atomic E-state index is 12.4. The van der Waals surface area contributed by atoms with Crippen molar-refractivity contribution < 1.29 is 24.0 Å². The van der Waals surface area contributed by atoms with Gasteiger partial charge >= 0.3 is 6.16 Å². The summed E-state index contributed by atoms with van der Waals surface area (Å²) in [6, 6.07) is 8.75. The smallest absolute Gasteiger partial charge is 0.428 e. The molecule has 6 nitrogen and oxygen atoms in total. The van der Waals surface area contributed by atoms with Crippen LogP contribution in [0.4, 0.5) is 4.79 Å². The molecular formula is C16H7Cl4NO5. The maximum Gasteiger partial charge on any atom is 0.534 e. The van der Waals surface area contributed by atoms with Crippen molar-refractivity contribution in [1.29, 1.82) is 0 Å². The van der Waals surface area contributed by atoms with E-state index in [-0.39, 0.29) is 42.9 Å². The zero-order valence-corrected chi connectivity index (χ0v) is 15.6. The Kier molecular flexibility index (Phi) is 5.29. The number of halogens is 4. The third kappa shape index (κ3) is 3.21. The summed E-state index contributed by atoms with van der Waals surface area (Å²) in [6.45, 7) is -0.109. The lowest BCUT2D eigenvalue weighted by Gasteiger charge is -2.12. The first kappa shape index (κ1) is 18.8. The minimum absolute atomic E-state index is 0.109. The molecular weight excluding hydrogens is 428 g/mol. The van der Waals surface area contributed by atoms with Crippen molar-refractivity contribution >= 4 is 64.4 Å². The molecule has 134 valence electrons. The number of ether oxygens (including phenoxy) is 1. The third-order valence-corrected chi connectivity index (χ3v) is 5.23. The normalized spacial score (nSPS) is 13.0. The molecule has 26 heavy (non-hydrogen) atoms. The Balaban J connectivity index is 1.79. The summed E-state index contributed by atoms with van der Waals surface area (Å²) >= 11 is 23.7. The lowest BCUT2D eigenvalue weighted by atomic mass is 10.1. The Hall–Kier alpha value is -1.99. The molecule has 1 heterocycles. The lowest BCUT2D eigenvalue weighted by molar-refractivity contribution is -0.0759. The van der Waals surface area contributed by atoms with E-state index in [1.807, 2.05) is 0 Å². The van der Waals surface area contributed by atoms with Gasteiger partial charge < -0.3 is 4.74 Å². The molecule has 3 rings (SSSR count). The van der Waals surface area contributed by atoms with E-state index in [2.05, 4.69) is 0 Å². The van der Waals surface area contributed by atoms with Crippen LogP contribution in [0, 0.1) is 0 Å². The van der Waals surface area contributed by atoms with Gasteiger partial charge in [0.2, 0.25) is 0 Å². The highest BCUT2D eigenvalue weighted by atomic mass is 35.5. The molecule has 1 aliphatic heterocycles. The molecule has 0 unspecified atom stereocenters.